The Labute approximate surface area is 256 Å². The lowest BCUT2D eigenvalue weighted by atomic mass is 9.83. The number of amides is 1. The number of nitrogens with zero attached hydrogens (tertiary/aromatic N) is 1. The third-order valence-corrected chi connectivity index (χ3v) is 8.23. The molecule has 3 atom stereocenters. The molecule has 1 fully saturated rings. The molecule has 0 saturated heterocycles. The number of carbonyl (C=O) groups is 3. The Morgan fingerprint density at radius 2 is 1.76 bits per heavy atom. The van der Waals surface area contributed by atoms with Gasteiger partial charge in [0.05, 0.1) is 17.5 Å². The minimum atomic E-state index is -4.54. The van der Waals surface area contributed by atoms with Gasteiger partial charge in [0.15, 0.2) is 11.9 Å². The Kier molecular flexibility index (Phi) is 9.87. The number of aliphatic imine (C=N–C) groups is 1. The van der Waals surface area contributed by atoms with E-state index in [0.29, 0.717) is 31.9 Å². The molecule has 226 valence electrons. The molecule has 2 aromatic rings. The van der Waals surface area contributed by atoms with E-state index in [1.807, 2.05) is 6.07 Å². The molecule has 0 bridgehead atoms. The first-order valence-electron chi connectivity index (χ1n) is 13.9. The first kappa shape index (κ1) is 32.2. The summed E-state index contributed by atoms with van der Waals surface area (Å²) in [4.78, 5) is 45.2. The van der Waals surface area contributed by atoms with Crippen LogP contribution in [0.5, 0.6) is 0 Å². The number of ketones is 1. The molecule has 2 aromatic carbocycles. The number of halogens is 5. The van der Waals surface area contributed by atoms with Gasteiger partial charge in [-0.3, -0.25) is 19.4 Å². The van der Waals surface area contributed by atoms with Crippen molar-refractivity contribution in [3.63, 3.8) is 0 Å². The maximum absolute atomic E-state index is 13.8. The second kappa shape index (κ2) is 12.9. The maximum atomic E-state index is 13.8. The van der Waals surface area contributed by atoms with Crippen molar-refractivity contribution in [2.45, 2.75) is 77.2 Å². The summed E-state index contributed by atoms with van der Waals surface area (Å²) in [6.45, 7) is 4.99. The number of nitrogens with one attached hydrogen (secondary N) is 1. The van der Waals surface area contributed by atoms with E-state index in [4.69, 9.17) is 16.3 Å². The average molecular weight is 670 g/mol. The summed E-state index contributed by atoms with van der Waals surface area (Å²) in [7, 11) is 0. The molecule has 11 heteroatoms. The highest BCUT2D eigenvalue weighted by molar-refractivity contribution is 9.10. The SMILES string of the molecule is CC(C)(C)OC(=O)[C@@H](CC1CC1)[C@@H](CCC(F)(F)F)C(=O)NC1N=C(c2ccc(Cl)cc2)c2cccc(Br)c2CC1=O. The molecule has 1 heterocycles. The van der Waals surface area contributed by atoms with Gasteiger partial charge in [-0.15, -0.1) is 0 Å². The molecule has 1 amide bonds. The second-order valence-corrected chi connectivity index (χ2v) is 13.2. The molecular formula is C31H33BrClF3N2O4. The zero-order chi connectivity index (χ0) is 30.8. The van der Waals surface area contributed by atoms with Crippen LogP contribution in [-0.2, 0) is 25.5 Å². The van der Waals surface area contributed by atoms with Crippen molar-refractivity contribution in [2.24, 2.45) is 22.7 Å². The van der Waals surface area contributed by atoms with Crippen LogP contribution in [0.1, 0.15) is 69.6 Å². The third-order valence-electron chi connectivity index (χ3n) is 7.24. The number of alkyl halides is 3. The molecule has 1 aliphatic heterocycles. The standard InChI is InChI=1S/C31H33BrClF3N2O4/c1-30(2,3)42-29(41)23(15-17-7-8-17)21(13-14-31(34,35)36)28(40)38-27-25(39)16-22-20(5-4-6-24(22)32)26(37-27)18-9-11-19(33)12-10-18/h4-6,9-12,17,21,23,27H,7-8,13-16H2,1-3H3,(H,38,40)/t21-,23+,27?/m1/s1. The number of Topliss-reactive ketones (excluding diaryl/α,β-unsaturated/α-hetero) is 1. The third kappa shape index (κ3) is 8.66. The second-order valence-electron chi connectivity index (χ2n) is 11.9. The van der Waals surface area contributed by atoms with Crippen molar-refractivity contribution in [1.82, 2.24) is 5.32 Å². The van der Waals surface area contributed by atoms with Crippen LogP contribution in [0.4, 0.5) is 13.2 Å². The molecule has 1 aliphatic carbocycles. The molecule has 0 radical (unpaired) electrons. The summed E-state index contributed by atoms with van der Waals surface area (Å²) >= 11 is 9.59. The monoisotopic (exact) mass is 668 g/mol. The van der Waals surface area contributed by atoms with E-state index in [9.17, 15) is 27.6 Å². The van der Waals surface area contributed by atoms with Gasteiger partial charge >= 0.3 is 12.1 Å². The number of rotatable bonds is 9. The minimum Gasteiger partial charge on any atom is -0.460 e. The van der Waals surface area contributed by atoms with Crippen LogP contribution >= 0.6 is 27.5 Å². The van der Waals surface area contributed by atoms with E-state index in [-0.39, 0.29) is 18.8 Å². The smallest absolute Gasteiger partial charge is 0.389 e. The Morgan fingerprint density at radius 3 is 2.36 bits per heavy atom. The van der Waals surface area contributed by atoms with E-state index < -0.39 is 60.3 Å². The van der Waals surface area contributed by atoms with Crippen LogP contribution in [-0.4, -0.2) is 41.3 Å². The lowest BCUT2D eigenvalue weighted by molar-refractivity contribution is -0.167. The van der Waals surface area contributed by atoms with Crippen LogP contribution in [0.3, 0.4) is 0 Å². The summed E-state index contributed by atoms with van der Waals surface area (Å²) in [5.41, 5.74) is 1.51. The van der Waals surface area contributed by atoms with Crippen LogP contribution in [0, 0.1) is 17.8 Å². The summed E-state index contributed by atoms with van der Waals surface area (Å²) < 4.78 is 46.4. The molecule has 1 saturated carbocycles. The van der Waals surface area contributed by atoms with Crippen LogP contribution < -0.4 is 5.32 Å². The van der Waals surface area contributed by atoms with E-state index in [1.54, 1.807) is 57.2 Å². The first-order valence-corrected chi connectivity index (χ1v) is 15.0. The van der Waals surface area contributed by atoms with Crippen LogP contribution in [0.25, 0.3) is 0 Å². The molecule has 6 nitrogen and oxygen atoms in total. The molecule has 0 spiro atoms. The molecule has 0 aromatic heterocycles. The Morgan fingerprint density at radius 1 is 1.10 bits per heavy atom. The molecule has 42 heavy (non-hydrogen) atoms. The van der Waals surface area contributed by atoms with E-state index in [1.165, 1.54) is 0 Å². The number of hydrogen-bond acceptors (Lipinski definition) is 5. The van der Waals surface area contributed by atoms with Crippen molar-refractivity contribution in [3.05, 3.63) is 68.7 Å². The Bertz CT molecular complexity index is 1370. The van der Waals surface area contributed by atoms with E-state index >= 15 is 0 Å². The number of carbonyl (C=O) groups excluding carboxylic acids is 3. The van der Waals surface area contributed by atoms with Gasteiger partial charge in [0, 0.05) is 33.5 Å². The summed E-state index contributed by atoms with van der Waals surface area (Å²) in [6, 6.07) is 12.2. The lowest BCUT2D eigenvalue weighted by Gasteiger charge is -2.29. The molecular weight excluding hydrogens is 637 g/mol. The maximum Gasteiger partial charge on any atom is 0.389 e. The summed E-state index contributed by atoms with van der Waals surface area (Å²) in [6.07, 6.45) is -5.98. The highest BCUT2D eigenvalue weighted by Crippen LogP contribution is 2.40. The number of benzene rings is 2. The molecule has 1 unspecified atom stereocenters. The fraction of sp³-hybridized carbons (Fsp3) is 0.484. The van der Waals surface area contributed by atoms with E-state index in [2.05, 4.69) is 26.2 Å². The van der Waals surface area contributed by atoms with Gasteiger partial charge in [-0.05, 0) is 63.3 Å². The van der Waals surface area contributed by atoms with Gasteiger partial charge in [-0.1, -0.05) is 64.6 Å². The zero-order valence-corrected chi connectivity index (χ0v) is 25.9. The Balaban J connectivity index is 1.70. The van der Waals surface area contributed by atoms with Crippen molar-refractivity contribution >= 4 is 50.9 Å². The molecule has 2 aliphatic rings. The lowest BCUT2D eigenvalue weighted by Crippen LogP contribution is -2.47. The fourth-order valence-electron chi connectivity index (χ4n) is 5.04. The largest absolute Gasteiger partial charge is 0.460 e. The normalized spacial score (nSPS) is 18.8. The van der Waals surface area contributed by atoms with E-state index in [0.717, 1.165) is 12.8 Å². The number of esters is 1. The van der Waals surface area contributed by atoms with Crippen molar-refractivity contribution in [1.29, 1.82) is 0 Å². The topological polar surface area (TPSA) is 84.8 Å². The molecule has 4 rings (SSSR count). The highest BCUT2D eigenvalue weighted by atomic mass is 79.9. The molecule has 1 N–H and O–H groups in total. The fourth-order valence-corrected chi connectivity index (χ4v) is 5.68. The predicted molar refractivity (Wildman–Crippen MR) is 157 cm³/mol. The van der Waals surface area contributed by atoms with Crippen LogP contribution in [0.2, 0.25) is 5.02 Å². The first-order chi connectivity index (χ1) is 19.6. The van der Waals surface area contributed by atoms with Gasteiger partial charge in [-0.25, -0.2) is 0 Å². The highest BCUT2D eigenvalue weighted by Gasteiger charge is 2.43. The predicted octanol–water partition coefficient (Wildman–Crippen LogP) is 7.22. The van der Waals surface area contributed by atoms with Gasteiger partial charge in [0.1, 0.15) is 5.60 Å². The van der Waals surface area contributed by atoms with Crippen LogP contribution in [0.15, 0.2) is 51.9 Å². The average Bonchev–Trinajstić information content (AvgIpc) is 3.71. The summed E-state index contributed by atoms with van der Waals surface area (Å²) in [5, 5.41) is 3.11. The van der Waals surface area contributed by atoms with Crippen molar-refractivity contribution in [3.8, 4) is 0 Å². The van der Waals surface area contributed by atoms with Gasteiger partial charge in [-0.2, -0.15) is 13.2 Å². The van der Waals surface area contributed by atoms with Gasteiger partial charge in [0.25, 0.3) is 0 Å². The zero-order valence-electron chi connectivity index (χ0n) is 23.6. The minimum absolute atomic E-state index is 0.0763. The van der Waals surface area contributed by atoms with Crippen molar-refractivity contribution in [2.75, 3.05) is 0 Å². The van der Waals surface area contributed by atoms with Gasteiger partial charge < -0.3 is 10.1 Å². The number of hydrogen-bond donors (Lipinski definition) is 1. The Hall–Kier alpha value is -2.72. The number of ether oxygens (including phenoxy) is 1. The van der Waals surface area contributed by atoms with Gasteiger partial charge in [0.2, 0.25) is 5.91 Å². The summed E-state index contributed by atoms with van der Waals surface area (Å²) in [5.74, 6) is -4.31. The number of fused-ring (bicyclic) bond motifs is 1. The quantitative estimate of drug-likeness (QED) is 0.286. The van der Waals surface area contributed by atoms with Crippen molar-refractivity contribution < 1.29 is 32.3 Å².